The van der Waals surface area contributed by atoms with Gasteiger partial charge in [-0.3, -0.25) is 9.48 Å². The number of benzene rings is 1. The fourth-order valence-electron chi connectivity index (χ4n) is 3.53. The molecule has 0 aliphatic carbocycles. The number of hydrogen-bond acceptors (Lipinski definition) is 4. The number of carboxylic acid groups (broad SMARTS) is 1. The van der Waals surface area contributed by atoms with Crippen molar-refractivity contribution < 1.29 is 19.4 Å². The molecule has 8 heteroatoms. The number of methoxy groups -OCH3 is 1. The van der Waals surface area contributed by atoms with Crippen molar-refractivity contribution in [1.29, 1.82) is 0 Å². The Kier molecular flexibility index (Phi) is 5.70. The van der Waals surface area contributed by atoms with Gasteiger partial charge in [-0.15, -0.1) is 0 Å². The Morgan fingerprint density at radius 3 is 2.63 bits per heavy atom. The van der Waals surface area contributed by atoms with Gasteiger partial charge in [0.2, 0.25) is 5.91 Å². The molecule has 0 spiro atoms. The van der Waals surface area contributed by atoms with Gasteiger partial charge in [0.05, 0.1) is 31.5 Å². The lowest BCUT2D eigenvalue weighted by molar-refractivity contribution is -0.131. The molecule has 2 heterocycles. The zero-order valence-corrected chi connectivity index (χ0v) is 16.1. The maximum Gasteiger partial charge on any atom is 0.339 e. The molecule has 2 aromatic rings. The van der Waals surface area contributed by atoms with Crippen LogP contribution in [0.2, 0.25) is 5.02 Å². The Morgan fingerprint density at radius 2 is 2.04 bits per heavy atom. The Bertz CT molecular complexity index is 857. The van der Waals surface area contributed by atoms with Crippen LogP contribution in [0.4, 0.5) is 0 Å². The first-order valence-electron chi connectivity index (χ1n) is 8.79. The summed E-state index contributed by atoms with van der Waals surface area (Å²) in [6.45, 7) is 2.95. The molecule has 0 saturated carbocycles. The summed E-state index contributed by atoms with van der Waals surface area (Å²) in [4.78, 5) is 25.7. The van der Waals surface area contributed by atoms with Gasteiger partial charge in [0, 0.05) is 23.7 Å². The van der Waals surface area contributed by atoms with Crippen molar-refractivity contribution in [3.8, 4) is 5.75 Å². The van der Waals surface area contributed by atoms with E-state index in [-0.39, 0.29) is 23.9 Å². The highest BCUT2D eigenvalue weighted by Gasteiger charge is 2.27. The smallest absolute Gasteiger partial charge is 0.339 e. The van der Waals surface area contributed by atoms with E-state index in [4.69, 9.17) is 16.3 Å². The number of rotatable bonds is 5. The van der Waals surface area contributed by atoms with Crippen molar-refractivity contribution in [3.05, 3.63) is 46.2 Å². The average Bonchev–Trinajstić information content (AvgIpc) is 3.05. The summed E-state index contributed by atoms with van der Waals surface area (Å²) in [7, 11) is 1.56. The first-order chi connectivity index (χ1) is 12.9. The second-order valence-corrected chi connectivity index (χ2v) is 7.01. The molecule has 1 aromatic carbocycles. The third-order valence-corrected chi connectivity index (χ3v) is 5.42. The molecule has 1 saturated heterocycles. The van der Waals surface area contributed by atoms with Gasteiger partial charge >= 0.3 is 5.97 Å². The summed E-state index contributed by atoms with van der Waals surface area (Å²) in [5, 5.41) is 13.9. The number of aromatic nitrogens is 2. The maximum atomic E-state index is 12.7. The molecule has 7 nitrogen and oxygen atoms in total. The molecular weight excluding hydrogens is 370 g/mol. The molecule has 1 fully saturated rings. The van der Waals surface area contributed by atoms with Crippen molar-refractivity contribution in [2.24, 2.45) is 0 Å². The predicted octanol–water partition coefficient (Wildman–Crippen LogP) is 2.96. The van der Waals surface area contributed by atoms with Crippen LogP contribution >= 0.6 is 11.6 Å². The van der Waals surface area contributed by atoms with Crippen LogP contribution in [-0.4, -0.2) is 51.9 Å². The molecule has 3 rings (SSSR count). The lowest BCUT2D eigenvalue weighted by Crippen LogP contribution is -2.40. The van der Waals surface area contributed by atoms with Crippen LogP contribution < -0.4 is 4.74 Å². The Labute approximate surface area is 162 Å². The van der Waals surface area contributed by atoms with Gasteiger partial charge in [-0.2, -0.15) is 5.10 Å². The van der Waals surface area contributed by atoms with Crippen LogP contribution in [0.5, 0.6) is 5.75 Å². The first kappa shape index (κ1) is 19.2. The Morgan fingerprint density at radius 1 is 1.33 bits per heavy atom. The van der Waals surface area contributed by atoms with Crippen molar-refractivity contribution >= 4 is 23.5 Å². The van der Waals surface area contributed by atoms with Gasteiger partial charge in [0.15, 0.2) is 0 Å². The number of aromatic carboxylic acids is 1. The monoisotopic (exact) mass is 391 g/mol. The largest absolute Gasteiger partial charge is 0.496 e. The summed E-state index contributed by atoms with van der Waals surface area (Å²) in [6.07, 6.45) is 3.04. The van der Waals surface area contributed by atoms with E-state index >= 15 is 0 Å². The average molecular weight is 392 g/mol. The number of carbonyl (C=O) groups is 2. The lowest BCUT2D eigenvalue weighted by atomic mass is 10.0. The van der Waals surface area contributed by atoms with E-state index < -0.39 is 5.97 Å². The molecule has 1 amide bonds. The fraction of sp³-hybridized carbons (Fsp3) is 0.421. The van der Waals surface area contributed by atoms with Gasteiger partial charge in [0.25, 0.3) is 0 Å². The molecule has 27 heavy (non-hydrogen) atoms. The summed E-state index contributed by atoms with van der Waals surface area (Å²) < 4.78 is 7.08. The van der Waals surface area contributed by atoms with E-state index in [1.165, 1.54) is 6.20 Å². The number of piperidine rings is 1. The Balaban J connectivity index is 1.64. The molecule has 144 valence electrons. The number of likely N-dealkylation sites (tertiary alicyclic amines) is 1. The van der Waals surface area contributed by atoms with Gasteiger partial charge in [0.1, 0.15) is 11.3 Å². The number of ether oxygens (including phenoxy) is 1. The van der Waals surface area contributed by atoms with Crippen molar-refractivity contribution in [2.75, 3.05) is 20.2 Å². The zero-order valence-electron chi connectivity index (χ0n) is 15.3. The number of hydrogen-bond donors (Lipinski definition) is 1. The molecule has 1 aliphatic rings. The van der Waals surface area contributed by atoms with Crippen LogP contribution in [0.25, 0.3) is 0 Å². The normalized spacial score (nSPS) is 15.0. The molecule has 1 aliphatic heterocycles. The second kappa shape index (κ2) is 8.00. The van der Waals surface area contributed by atoms with E-state index in [0.717, 1.165) is 12.8 Å². The van der Waals surface area contributed by atoms with E-state index in [0.29, 0.717) is 35.1 Å². The van der Waals surface area contributed by atoms with E-state index in [1.54, 1.807) is 36.9 Å². The van der Waals surface area contributed by atoms with Crippen LogP contribution in [0.15, 0.2) is 24.4 Å². The fourth-order valence-corrected chi connectivity index (χ4v) is 3.76. The van der Waals surface area contributed by atoms with Crippen LogP contribution in [0, 0.1) is 6.92 Å². The number of amides is 1. The van der Waals surface area contributed by atoms with Crippen molar-refractivity contribution in [2.45, 2.75) is 32.2 Å². The minimum Gasteiger partial charge on any atom is -0.496 e. The van der Waals surface area contributed by atoms with Crippen molar-refractivity contribution in [3.63, 3.8) is 0 Å². The molecule has 0 unspecified atom stereocenters. The highest BCUT2D eigenvalue weighted by atomic mass is 35.5. The standard InChI is InChI=1S/C19H22ClN3O4/c1-12-15(19(25)26)11-21-23(12)13-6-8-22(9-7-13)18(24)10-14-16(20)4-3-5-17(14)27-2/h3-5,11,13H,6-10H2,1-2H3,(H,25,26). The molecule has 0 radical (unpaired) electrons. The third kappa shape index (κ3) is 3.93. The van der Waals surface area contributed by atoms with Crippen molar-refractivity contribution in [1.82, 2.24) is 14.7 Å². The molecule has 0 atom stereocenters. The number of halogens is 1. The van der Waals surface area contributed by atoms with Crippen LogP contribution in [-0.2, 0) is 11.2 Å². The molecule has 1 N–H and O–H groups in total. The van der Waals surface area contributed by atoms with Gasteiger partial charge < -0.3 is 14.7 Å². The minimum absolute atomic E-state index is 0.00302. The van der Waals surface area contributed by atoms with Crippen LogP contribution in [0.3, 0.4) is 0 Å². The number of carbonyl (C=O) groups excluding carboxylic acids is 1. The summed E-state index contributed by atoms with van der Waals surface area (Å²) in [5.41, 5.74) is 1.57. The van der Waals surface area contributed by atoms with Gasteiger partial charge in [-0.25, -0.2) is 4.79 Å². The third-order valence-electron chi connectivity index (χ3n) is 5.06. The number of carboxylic acids is 1. The minimum atomic E-state index is -0.972. The van der Waals surface area contributed by atoms with E-state index in [2.05, 4.69) is 5.10 Å². The topological polar surface area (TPSA) is 84.7 Å². The SMILES string of the molecule is COc1cccc(Cl)c1CC(=O)N1CCC(n2ncc(C(=O)O)c2C)CC1. The lowest BCUT2D eigenvalue weighted by Gasteiger charge is -2.33. The zero-order chi connectivity index (χ0) is 19.6. The highest BCUT2D eigenvalue weighted by molar-refractivity contribution is 6.31. The van der Waals surface area contributed by atoms with Crippen LogP contribution in [0.1, 0.15) is 40.5 Å². The summed E-state index contributed by atoms with van der Waals surface area (Å²) >= 11 is 6.23. The van der Waals surface area contributed by atoms with E-state index in [9.17, 15) is 14.7 Å². The predicted molar refractivity (Wildman–Crippen MR) is 100 cm³/mol. The molecular formula is C19H22ClN3O4. The van der Waals surface area contributed by atoms with E-state index in [1.807, 2.05) is 4.90 Å². The maximum absolute atomic E-state index is 12.7. The highest BCUT2D eigenvalue weighted by Crippen LogP contribution is 2.29. The van der Waals surface area contributed by atoms with Gasteiger partial charge in [-0.1, -0.05) is 17.7 Å². The molecule has 1 aromatic heterocycles. The summed E-state index contributed by atoms with van der Waals surface area (Å²) in [5.74, 6) is -0.359. The molecule has 0 bridgehead atoms. The Hall–Kier alpha value is -2.54. The number of nitrogens with zero attached hydrogens (tertiary/aromatic N) is 3. The van der Waals surface area contributed by atoms with Gasteiger partial charge in [-0.05, 0) is 31.9 Å². The summed E-state index contributed by atoms with van der Waals surface area (Å²) in [6, 6.07) is 5.43. The quantitative estimate of drug-likeness (QED) is 0.847. The second-order valence-electron chi connectivity index (χ2n) is 6.60. The first-order valence-corrected chi connectivity index (χ1v) is 9.16.